The number of anilines is 2. The first-order chi connectivity index (χ1) is 16.7. The normalized spacial score (nSPS) is 17.2. The van der Waals surface area contributed by atoms with E-state index in [2.05, 4.69) is 15.7 Å². The number of benzene rings is 2. The third-order valence-corrected chi connectivity index (χ3v) is 6.00. The van der Waals surface area contributed by atoms with Crippen molar-refractivity contribution >= 4 is 29.0 Å². The van der Waals surface area contributed by atoms with Crippen LogP contribution in [0.15, 0.2) is 42.6 Å². The molecule has 4 rings (SSSR count). The zero-order valence-electron chi connectivity index (χ0n) is 18.9. The van der Waals surface area contributed by atoms with Crippen molar-refractivity contribution in [3.63, 3.8) is 0 Å². The highest BCUT2D eigenvalue weighted by molar-refractivity contribution is 6.32. The maximum atomic E-state index is 14.0. The zero-order chi connectivity index (χ0) is 25.3. The second-order valence-corrected chi connectivity index (χ2v) is 8.17. The molecule has 0 radical (unpaired) electrons. The van der Waals surface area contributed by atoms with Gasteiger partial charge in [-0.2, -0.15) is 18.3 Å². The number of alkyl halides is 3. The van der Waals surface area contributed by atoms with E-state index in [9.17, 15) is 18.0 Å². The summed E-state index contributed by atoms with van der Waals surface area (Å²) in [6, 6.07) is 6.78. The smallest absolute Gasteiger partial charge is 0.410 e. The van der Waals surface area contributed by atoms with Crippen LogP contribution < -0.4 is 24.8 Å². The van der Waals surface area contributed by atoms with Gasteiger partial charge >= 0.3 is 6.18 Å². The highest BCUT2D eigenvalue weighted by atomic mass is 35.5. The number of carbonyl (C=O) groups excluding carboxylic acids is 1. The van der Waals surface area contributed by atoms with Gasteiger partial charge in [-0.25, -0.2) is 4.68 Å². The van der Waals surface area contributed by atoms with Crippen molar-refractivity contribution in [2.75, 3.05) is 32.0 Å². The molecule has 0 fully saturated rings. The highest BCUT2D eigenvalue weighted by Gasteiger charge is 2.47. The van der Waals surface area contributed by atoms with Crippen LogP contribution in [0.1, 0.15) is 34.4 Å². The van der Waals surface area contributed by atoms with E-state index in [1.165, 1.54) is 27.4 Å². The number of nitrogens with one attached hydrogen (secondary N) is 2. The Hall–Kier alpha value is -3.60. The maximum absolute atomic E-state index is 14.0. The Labute approximate surface area is 203 Å². The number of methoxy groups -OCH3 is 3. The molecular formula is C23H22ClF3N4O4. The second kappa shape index (κ2) is 9.57. The molecule has 0 bridgehead atoms. The molecule has 2 heterocycles. The Kier molecular flexibility index (Phi) is 6.70. The molecule has 1 aliphatic rings. The Morgan fingerprint density at radius 3 is 2.40 bits per heavy atom. The van der Waals surface area contributed by atoms with Crippen LogP contribution in [0.4, 0.5) is 24.7 Å². The molecule has 0 unspecified atom stereocenters. The number of fused-ring (bicyclic) bond motifs is 1. The van der Waals surface area contributed by atoms with Gasteiger partial charge in [-0.05, 0) is 35.9 Å². The van der Waals surface area contributed by atoms with Crippen molar-refractivity contribution in [1.82, 2.24) is 9.78 Å². The minimum atomic E-state index is -4.59. The summed E-state index contributed by atoms with van der Waals surface area (Å²) in [6.45, 7) is 0. The van der Waals surface area contributed by atoms with E-state index in [1.807, 2.05) is 0 Å². The standard InChI is InChI=1S/C23H22ClF3N4O4/c1-33-17-7-5-13(9-15(17)24)29-22(32)14-11-28-31-20(23(25,26)27)10-16(30-21(14)31)12-4-6-18(34-2)19(8-12)35-3/h4-9,11,16,20,30H,10H2,1-3H3,(H,29,32)/t16-,20+/m0/s1. The van der Waals surface area contributed by atoms with E-state index in [4.69, 9.17) is 25.8 Å². The molecular weight excluding hydrogens is 489 g/mol. The summed E-state index contributed by atoms with van der Waals surface area (Å²) in [4.78, 5) is 13.0. The zero-order valence-corrected chi connectivity index (χ0v) is 19.7. The van der Waals surface area contributed by atoms with Gasteiger partial charge in [0, 0.05) is 12.1 Å². The van der Waals surface area contributed by atoms with E-state index in [0.29, 0.717) is 28.5 Å². The van der Waals surface area contributed by atoms with Crippen molar-refractivity contribution in [2.24, 2.45) is 0 Å². The topological polar surface area (TPSA) is 86.6 Å². The lowest BCUT2D eigenvalue weighted by molar-refractivity contribution is -0.173. The van der Waals surface area contributed by atoms with Crippen LogP contribution in [-0.2, 0) is 0 Å². The number of amides is 1. The van der Waals surface area contributed by atoms with Crippen LogP contribution in [0.5, 0.6) is 17.2 Å². The number of hydrogen-bond donors (Lipinski definition) is 2. The molecule has 186 valence electrons. The third-order valence-electron chi connectivity index (χ3n) is 5.70. The molecule has 1 aliphatic heterocycles. The van der Waals surface area contributed by atoms with Gasteiger partial charge in [0.15, 0.2) is 17.5 Å². The van der Waals surface area contributed by atoms with Gasteiger partial charge in [-0.1, -0.05) is 17.7 Å². The molecule has 2 aromatic carbocycles. The fourth-order valence-corrected chi connectivity index (χ4v) is 4.22. The van der Waals surface area contributed by atoms with Gasteiger partial charge in [-0.15, -0.1) is 0 Å². The van der Waals surface area contributed by atoms with Gasteiger partial charge in [0.2, 0.25) is 0 Å². The van der Waals surface area contributed by atoms with Gasteiger partial charge in [0.05, 0.1) is 38.6 Å². The Bertz CT molecular complexity index is 1250. The lowest BCUT2D eigenvalue weighted by atomic mass is 9.96. The number of carbonyl (C=O) groups is 1. The quantitative estimate of drug-likeness (QED) is 0.457. The monoisotopic (exact) mass is 510 g/mol. The lowest BCUT2D eigenvalue weighted by Crippen LogP contribution is -2.36. The van der Waals surface area contributed by atoms with Crippen LogP contribution in [-0.4, -0.2) is 43.2 Å². The molecule has 35 heavy (non-hydrogen) atoms. The highest BCUT2D eigenvalue weighted by Crippen LogP contribution is 2.45. The third kappa shape index (κ3) is 4.81. The van der Waals surface area contributed by atoms with E-state index < -0.39 is 24.2 Å². The van der Waals surface area contributed by atoms with Crippen LogP contribution >= 0.6 is 11.6 Å². The summed E-state index contributed by atoms with van der Waals surface area (Å²) in [7, 11) is 4.36. The summed E-state index contributed by atoms with van der Waals surface area (Å²) < 4.78 is 58.4. The summed E-state index contributed by atoms with van der Waals surface area (Å²) in [5, 5.41) is 9.84. The summed E-state index contributed by atoms with van der Waals surface area (Å²) in [5.41, 5.74) is 0.842. The number of halogens is 4. The van der Waals surface area contributed by atoms with E-state index in [0.717, 1.165) is 10.9 Å². The second-order valence-electron chi connectivity index (χ2n) is 7.76. The number of aromatic nitrogens is 2. The first-order valence-corrected chi connectivity index (χ1v) is 10.8. The summed E-state index contributed by atoms with van der Waals surface area (Å²) >= 11 is 6.11. The molecule has 12 heteroatoms. The molecule has 0 aliphatic carbocycles. The predicted octanol–water partition coefficient (Wildman–Crippen LogP) is 5.47. The maximum Gasteiger partial charge on any atom is 0.410 e. The van der Waals surface area contributed by atoms with Crippen molar-refractivity contribution in [1.29, 1.82) is 0 Å². The molecule has 0 saturated carbocycles. The molecule has 0 spiro atoms. The van der Waals surface area contributed by atoms with Crippen molar-refractivity contribution in [3.8, 4) is 17.2 Å². The van der Waals surface area contributed by atoms with Crippen molar-refractivity contribution < 1.29 is 32.2 Å². The van der Waals surface area contributed by atoms with Gasteiger partial charge in [0.1, 0.15) is 17.1 Å². The fraction of sp³-hybridized carbons (Fsp3) is 0.304. The molecule has 2 N–H and O–H groups in total. The largest absolute Gasteiger partial charge is 0.495 e. The molecule has 1 aromatic heterocycles. The first-order valence-electron chi connectivity index (χ1n) is 10.4. The summed E-state index contributed by atoms with van der Waals surface area (Å²) in [6.07, 6.45) is -3.81. The van der Waals surface area contributed by atoms with Crippen LogP contribution in [0, 0.1) is 0 Å². The van der Waals surface area contributed by atoms with Crippen LogP contribution in [0.3, 0.4) is 0 Å². The minimum Gasteiger partial charge on any atom is -0.495 e. The lowest BCUT2D eigenvalue weighted by Gasteiger charge is -2.34. The predicted molar refractivity (Wildman–Crippen MR) is 124 cm³/mol. The van der Waals surface area contributed by atoms with Crippen LogP contribution in [0.25, 0.3) is 0 Å². The minimum absolute atomic E-state index is 0.0450. The first kappa shape index (κ1) is 24.5. The number of ether oxygens (including phenoxy) is 3. The number of nitrogens with zero attached hydrogens (tertiary/aromatic N) is 2. The number of rotatable bonds is 6. The summed E-state index contributed by atoms with van der Waals surface area (Å²) in [5.74, 6) is 0.552. The Morgan fingerprint density at radius 1 is 1.09 bits per heavy atom. The van der Waals surface area contributed by atoms with Crippen molar-refractivity contribution in [2.45, 2.75) is 24.7 Å². The molecule has 3 aromatic rings. The number of hydrogen-bond acceptors (Lipinski definition) is 6. The van der Waals surface area contributed by atoms with Crippen molar-refractivity contribution in [3.05, 3.63) is 58.7 Å². The van der Waals surface area contributed by atoms with Gasteiger partial charge in [0.25, 0.3) is 5.91 Å². The Balaban J connectivity index is 1.68. The van der Waals surface area contributed by atoms with Gasteiger partial charge < -0.3 is 24.8 Å². The average molecular weight is 511 g/mol. The fourth-order valence-electron chi connectivity index (χ4n) is 3.96. The van der Waals surface area contributed by atoms with E-state index in [-0.39, 0.29) is 22.8 Å². The molecule has 2 atom stereocenters. The average Bonchev–Trinajstić information content (AvgIpc) is 3.26. The van der Waals surface area contributed by atoms with Gasteiger partial charge in [-0.3, -0.25) is 4.79 Å². The van der Waals surface area contributed by atoms with Crippen LogP contribution in [0.2, 0.25) is 5.02 Å². The Morgan fingerprint density at radius 2 is 1.77 bits per heavy atom. The molecule has 1 amide bonds. The van der Waals surface area contributed by atoms with E-state index in [1.54, 1.807) is 30.3 Å². The van der Waals surface area contributed by atoms with E-state index >= 15 is 0 Å². The SMILES string of the molecule is COc1ccc(NC(=O)c2cnn3c2N[C@H](c2ccc(OC)c(OC)c2)C[C@@H]3C(F)(F)F)cc1Cl. The molecule has 0 saturated heterocycles. The molecule has 8 nitrogen and oxygen atoms in total.